The molecule has 2 aromatic rings. The predicted octanol–water partition coefficient (Wildman–Crippen LogP) is 0.135. The summed E-state index contributed by atoms with van der Waals surface area (Å²) in [6, 6.07) is 0.0307. The molecule has 2 heterocycles. The zero-order valence-corrected chi connectivity index (χ0v) is 7.85. The van der Waals surface area contributed by atoms with Gasteiger partial charge < -0.3 is 9.84 Å². The largest absolute Gasteiger partial charge is 0.337 e. The van der Waals surface area contributed by atoms with Crippen LogP contribution in [0.2, 0.25) is 0 Å². The van der Waals surface area contributed by atoms with Crippen molar-refractivity contribution in [3.8, 4) is 11.5 Å². The first-order valence-electron chi connectivity index (χ1n) is 4.18. The summed E-state index contributed by atoms with van der Waals surface area (Å²) in [6.45, 7) is 1.93. The van der Waals surface area contributed by atoms with E-state index in [1.54, 1.807) is 6.20 Å². The lowest BCUT2D eigenvalue weighted by Gasteiger charge is -2.00. The van der Waals surface area contributed by atoms with E-state index in [1.165, 1.54) is 0 Å². The summed E-state index contributed by atoms with van der Waals surface area (Å²) in [5, 5.41) is 16.8. The molecule has 2 N–H and O–H groups in total. The smallest absolute Gasteiger partial charge is 0.243 e. The van der Waals surface area contributed by atoms with Gasteiger partial charge in [-0.1, -0.05) is 5.16 Å². The highest BCUT2D eigenvalue weighted by Gasteiger charge is 2.14. The summed E-state index contributed by atoms with van der Waals surface area (Å²) >= 11 is 0. The summed E-state index contributed by atoms with van der Waals surface area (Å²) in [4.78, 5) is 4.16. The monoisotopic (exact) mass is 194 g/mol. The summed E-state index contributed by atoms with van der Waals surface area (Å²) < 4.78 is 5.04. The Morgan fingerprint density at radius 3 is 3.07 bits per heavy atom. The second-order valence-corrected chi connectivity index (χ2v) is 2.82. The van der Waals surface area contributed by atoms with E-state index in [0.29, 0.717) is 17.4 Å². The number of aromatic amines is 1. The maximum absolute atomic E-state index is 5.04. The van der Waals surface area contributed by atoms with Gasteiger partial charge in [-0.05, 0) is 14.0 Å². The molecule has 74 valence electrons. The molecule has 0 radical (unpaired) electrons. The van der Waals surface area contributed by atoms with Crippen molar-refractivity contribution in [3.63, 3.8) is 0 Å². The molecule has 0 spiro atoms. The zero-order valence-electron chi connectivity index (χ0n) is 7.85. The highest BCUT2D eigenvalue weighted by molar-refractivity contribution is 5.44. The van der Waals surface area contributed by atoms with Crippen molar-refractivity contribution in [2.45, 2.75) is 13.0 Å². The molecule has 7 nitrogen and oxygen atoms in total. The molecule has 0 amide bonds. The highest BCUT2D eigenvalue weighted by atomic mass is 16.5. The van der Waals surface area contributed by atoms with E-state index in [0.717, 1.165) is 0 Å². The third-order valence-electron chi connectivity index (χ3n) is 1.89. The minimum atomic E-state index is 0.0307. The predicted molar refractivity (Wildman–Crippen MR) is 47.1 cm³/mol. The molecule has 14 heavy (non-hydrogen) atoms. The molecule has 0 aromatic carbocycles. The Bertz CT molecular complexity index is 394. The zero-order chi connectivity index (χ0) is 9.97. The molecule has 2 rings (SSSR count). The fourth-order valence-corrected chi connectivity index (χ4v) is 0.948. The van der Waals surface area contributed by atoms with E-state index in [1.807, 2.05) is 14.0 Å². The van der Waals surface area contributed by atoms with Crippen molar-refractivity contribution >= 4 is 0 Å². The average Bonchev–Trinajstić information content (AvgIpc) is 2.86. The van der Waals surface area contributed by atoms with Crippen LogP contribution in [-0.4, -0.2) is 32.6 Å². The summed E-state index contributed by atoms with van der Waals surface area (Å²) in [7, 11) is 1.82. The molecular weight excluding hydrogens is 184 g/mol. The van der Waals surface area contributed by atoms with Crippen LogP contribution in [0.4, 0.5) is 0 Å². The highest BCUT2D eigenvalue weighted by Crippen LogP contribution is 2.14. The normalized spacial score (nSPS) is 13.0. The first-order valence-corrected chi connectivity index (χ1v) is 4.18. The van der Waals surface area contributed by atoms with Gasteiger partial charge in [0.1, 0.15) is 0 Å². The first kappa shape index (κ1) is 8.82. The van der Waals surface area contributed by atoms with Crippen molar-refractivity contribution in [2.75, 3.05) is 7.05 Å². The van der Waals surface area contributed by atoms with Crippen molar-refractivity contribution in [1.82, 2.24) is 30.9 Å². The SMILES string of the molecule is CN[C@@H](C)c1nc(-c2cn[nH]n2)no1. The fraction of sp³-hybridized carbons (Fsp3) is 0.429. The number of hydrogen-bond acceptors (Lipinski definition) is 6. The Hall–Kier alpha value is -1.76. The third-order valence-corrected chi connectivity index (χ3v) is 1.89. The molecular formula is C7H10N6O. The van der Waals surface area contributed by atoms with Gasteiger partial charge in [0.15, 0.2) is 5.69 Å². The molecule has 0 bridgehead atoms. The van der Waals surface area contributed by atoms with Gasteiger partial charge in [-0.25, -0.2) is 0 Å². The lowest BCUT2D eigenvalue weighted by Crippen LogP contribution is -2.12. The number of nitrogens with zero attached hydrogens (tertiary/aromatic N) is 4. The van der Waals surface area contributed by atoms with Gasteiger partial charge in [-0.3, -0.25) is 0 Å². The molecule has 0 fully saturated rings. The fourth-order valence-electron chi connectivity index (χ4n) is 0.948. The minimum absolute atomic E-state index is 0.0307. The molecule has 0 saturated heterocycles. The Morgan fingerprint density at radius 1 is 1.57 bits per heavy atom. The minimum Gasteiger partial charge on any atom is -0.337 e. The van der Waals surface area contributed by atoms with Gasteiger partial charge in [-0.15, -0.1) is 0 Å². The molecule has 0 aliphatic carbocycles. The van der Waals surface area contributed by atoms with Crippen LogP contribution in [0.15, 0.2) is 10.7 Å². The van der Waals surface area contributed by atoms with Crippen molar-refractivity contribution in [3.05, 3.63) is 12.1 Å². The molecule has 0 unspecified atom stereocenters. The summed E-state index contributed by atoms with van der Waals surface area (Å²) in [6.07, 6.45) is 1.54. The maximum atomic E-state index is 5.04. The van der Waals surface area contributed by atoms with Crippen LogP contribution in [0.1, 0.15) is 18.9 Å². The van der Waals surface area contributed by atoms with Crippen molar-refractivity contribution in [2.24, 2.45) is 0 Å². The van der Waals surface area contributed by atoms with Crippen LogP contribution < -0.4 is 5.32 Å². The lowest BCUT2D eigenvalue weighted by atomic mass is 10.3. The lowest BCUT2D eigenvalue weighted by molar-refractivity contribution is 0.347. The van der Waals surface area contributed by atoms with E-state index in [9.17, 15) is 0 Å². The van der Waals surface area contributed by atoms with E-state index < -0.39 is 0 Å². The first-order chi connectivity index (χ1) is 6.81. The average molecular weight is 194 g/mol. The quantitative estimate of drug-likeness (QED) is 0.721. The Morgan fingerprint density at radius 2 is 2.43 bits per heavy atom. The van der Waals surface area contributed by atoms with Gasteiger partial charge in [0.2, 0.25) is 11.7 Å². The van der Waals surface area contributed by atoms with Crippen LogP contribution in [0, 0.1) is 0 Å². The standard InChI is InChI=1S/C7H10N6O/c1-4(8-2)7-10-6(12-14-7)5-3-9-13-11-5/h3-4,8H,1-2H3,(H,9,11,13)/t4-/m0/s1. The number of hydrogen-bond donors (Lipinski definition) is 2. The van der Waals surface area contributed by atoms with Crippen molar-refractivity contribution in [1.29, 1.82) is 0 Å². The van der Waals surface area contributed by atoms with Gasteiger partial charge >= 0.3 is 0 Å². The van der Waals surface area contributed by atoms with Crippen molar-refractivity contribution < 1.29 is 4.52 Å². The molecule has 0 saturated carbocycles. The second-order valence-electron chi connectivity index (χ2n) is 2.82. The van der Waals surface area contributed by atoms with E-state index in [2.05, 4.69) is 30.9 Å². The van der Waals surface area contributed by atoms with E-state index >= 15 is 0 Å². The van der Waals surface area contributed by atoms with Crippen LogP contribution >= 0.6 is 0 Å². The Kier molecular flexibility index (Phi) is 2.23. The summed E-state index contributed by atoms with van der Waals surface area (Å²) in [5.74, 6) is 0.973. The van der Waals surface area contributed by atoms with Crippen LogP contribution in [0.25, 0.3) is 11.5 Å². The topological polar surface area (TPSA) is 92.5 Å². The maximum Gasteiger partial charge on any atom is 0.243 e. The number of H-pyrrole nitrogens is 1. The third kappa shape index (κ3) is 1.49. The number of nitrogens with one attached hydrogen (secondary N) is 2. The van der Waals surface area contributed by atoms with E-state index in [4.69, 9.17) is 4.52 Å². The van der Waals surface area contributed by atoms with Crippen LogP contribution in [0.5, 0.6) is 0 Å². The number of rotatable bonds is 3. The Balaban J connectivity index is 2.26. The second kappa shape index (κ2) is 3.54. The van der Waals surface area contributed by atoms with Crippen LogP contribution in [0.3, 0.4) is 0 Å². The van der Waals surface area contributed by atoms with Gasteiger partial charge in [-0.2, -0.15) is 20.4 Å². The van der Waals surface area contributed by atoms with E-state index in [-0.39, 0.29) is 6.04 Å². The van der Waals surface area contributed by atoms with Gasteiger partial charge in [0.25, 0.3) is 0 Å². The van der Waals surface area contributed by atoms with Gasteiger partial charge in [0, 0.05) is 0 Å². The van der Waals surface area contributed by atoms with Gasteiger partial charge in [0.05, 0.1) is 12.2 Å². The molecule has 0 aliphatic rings. The number of aromatic nitrogens is 5. The molecule has 1 atom stereocenters. The molecule has 2 aromatic heterocycles. The summed E-state index contributed by atoms with van der Waals surface area (Å²) in [5.41, 5.74) is 0.573. The molecule has 0 aliphatic heterocycles. The molecule has 7 heteroatoms. The Labute approximate surface area is 79.9 Å². The van der Waals surface area contributed by atoms with Crippen LogP contribution in [-0.2, 0) is 0 Å².